The fourth-order valence-electron chi connectivity index (χ4n) is 2.96. The molecule has 3 aromatic heterocycles. The number of nitrogens with zero attached hydrogens (tertiary/aromatic N) is 2. The summed E-state index contributed by atoms with van der Waals surface area (Å²) in [5, 5.41) is 4.67. The molecule has 0 aliphatic rings. The number of rotatable bonds is 8. The standard InChI is InChI=1S/C23H20N3O2S.Y/c27-23(21-8-1-2-14-24-21)26(25-15-3-6-20-7-5-17-29-20)19-12-10-18(11-13-19)22-9-4-16-28-22;/h1-2,4-5,7-14,16,25H,3,6,15H2;/q-1;. The zero-order chi connectivity index (χ0) is 19.9. The van der Waals surface area contributed by atoms with Gasteiger partial charge in [0.2, 0.25) is 0 Å². The summed E-state index contributed by atoms with van der Waals surface area (Å²) in [6.45, 7) is 0.663. The molecule has 0 aliphatic heterocycles. The number of carbonyl (C=O) groups excluding carboxylic acids is 1. The number of aromatic nitrogens is 1. The fourth-order valence-corrected chi connectivity index (χ4v) is 3.63. The first-order valence-corrected chi connectivity index (χ1v) is 10.2. The number of furan rings is 1. The van der Waals surface area contributed by atoms with Gasteiger partial charge in [0.1, 0.15) is 11.5 Å². The molecule has 7 heteroatoms. The Labute approximate surface area is 205 Å². The maximum absolute atomic E-state index is 13.1. The zero-order valence-corrected chi connectivity index (χ0v) is 20.0. The number of amides is 1. The zero-order valence-electron chi connectivity index (χ0n) is 16.3. The molecule has 0 fully saturated rings. The second kappa shape index (κ2) is 11.3. The summed E-state index contributed by atoms with van der Waals surface area (Å²) >= 11 is 1.63. The van der Waals surface area contributed by atoms with Crippen molar-refractivity contribution in [1.82, 2.24) is 10.4 Å². The summed E-state index contributed by atoms with van der Waals surface area (Å²) in [7, 11) is 0. The van der Waals surface area contributed by atoms with E-state index < -0.39 is 0 Å². The molecule has 30 heavy (non-hydrogen) atoms. The smallest absolute Gasteiger partial charge is 0.291 e. The molecule has 1 N–H and O–H groups in total. The van der Waals surface area contributed by atoms with Crippen molar-refractivity contribution in [2.45, 2.75) is 12.8 Å². The molecule has 1 aromatic carbocycles. The van der Waals surface area contributed by atoms with Crippen LogP contribution in [0.3, 0.4) is 0 Å². The molecule has 0 atom stereocenters. The average molecular weight is 491 g/mol. The van der Waals surface area contributed by atoms with E-state index in [4.69, 9.17) is 4.42 Å². The number of hydrogen-bond donors (Lipinski definition) is 1. The van der Waals surface area contributed by atoms with E-state index in [1.807, 2.05) is 48.5 Å². The number of aryl methyl sites for hydroxylation is 1. The maximum atomic E-state index is 13.1. The van der Waals surface area contributed by atoms with Crippen LogP contribution in [0, 0.1) is 5.38 Å². The first-order valence-electron chi connectivity index (χ1n) is 9.39. The number of nitrogens with one attached hydrogen (secondary N) is 1. The van der Waals surface area contributed by atoms with Gasteiger partial charge in [-0.1, -0.05) is 12.5 Å². The second-order valence-corrected chi connectivity index (χ2v) is 7.38. The molecule has 0 spiro atoms. The Kier molecular flexibility index (Phi) is 8.52. The van der Waals surface area contributed by atoms with Gasteiger partial charge in [0.05, 0.1) is 12.0 Å². The van der Waals surface area contributed by atoms with Crippen LogP contribution in [0.5, 0.6) is 0 Å². The van der Waals surface area contributed by atoms with Crippen LogP contribution in [-0.2, 0) is 39.1 Å². The van der Waals surface area contributed by atoms with Crippen molar-refractivity contribution in [3.8, 4) is 11.3 Å². The Hall–Kier alpha value is -2.12. The predicted molar refractivity (Wildman–Crippen MR) is 115 cm³/mol. The quantitative estimate of drug-likeness (QED) is 0.215. The summed E-state index contributed by atoms with van der Waals surface area (Å²) in [6, 6.07) is 20.8. The van der Waals surface area contributed by atoms with Crippen LogP contribution in [0.2, 0.25) is 0 Å². The molecule has 1 radical (unpaired) electrons. The maximum Gasteiger partial charge on any atom is 0.291 e. The van der Waals surface area contributed by atoms with Crippen LogP contribution in [0.1, 0.15) is 21.8 Å². The van der Waals surface area contributed by atoms with Crippen molar-refractivity contribution in [2.75, 3.05) is 11.6 Å². The predicted octanol–water partition coefficient (Wildman–Crippen LogP) is 4.98. The molecule has 4 aromatic rings. The molecule has 0 saturated heterocycles. The van der Waals surface area contributed by atoms with E-state index >= 15 is 0 Å². The van der Waals surface area contributed by atoms with E-state index in [9.17, 15) is 4.79 Å². The van der Waals surface area contributed by atoms with E-state index in [1.54, 1.807) is 40.9 Å². The molecule has 149 valence electrons. The molecule has 4 rings (SSSR count). The number of thiophene rings is 1. The first kappa shape index (κ1) is 22.6. The van der Waals surface area contributed by atoms with E-state index in [1.165, 1.54) is 4.88 Å². The van der Waals surface area contributed by atoms with Crippen molar-refractivity contribution >= 4 is 22.9 Å². The molecule has 0 saturated carbocycles. The van der Waals surface area contributed by atoms with Crippen molar-refractivity contribution in [3.63, 3.8) is 0 Å². The average Bonchev–Trinajstić information content (AvgIpc) is 3.49. The molecule has 0 unspecified atom stereocenters. The summed E-state index contributed by atoms with van der Waals surface area (Å²) in [4.78, 5) is 18.6. The van der Waals surface area contributed by atoms with Gasteiger partial charge in [-0.3, -0.25) is 9.78 Å². The van der Waals surface area contributed by atoms with Crippen LogP contribution < -0.4 is 10.4 Å². The monoisotopic (exact) mass is 491 g/mol. The van der Waals surface area contributed by atoms with Gasteiger partial charge in [-0.05, 0) is 55.0 Å². The number of benzene rings is 1. The van der Waals surface area contributed by atoms with E-state index in [0.717, 1.165) is 29.9 Å². The number of hydrazine groups is 1. The third kappa shape index (κ3) is 5.73. The third-order valence-electron chi connectivity index (χ3n) is 4.42. The van der Waals surface area contributed by atoms with Gasteiger partial charge >= 0.3 is 0 Å². The van der Waals surface area contributed by atoms with E-state index in [0.29, 0.717) is 12.2 Å². The molecule has 3 heterocycles. The molecule has 5 nitrogen and oxygen atoms in total. The Morgan fingerprint density at radius 1 is 1.10 bits per heavy atom. The number of hydrogen-bond acceptors (Lipinski definition) is 5. The van der Waals surface area contributed by atoms with Crippen LogP contribution in [0.4, 0.5) is 5.69 Å². The van der Waals surface area contributed by atoms with Crippen LogP contribution in [0.25, 0.3) is 11.3 Å². The summed E-state index contributed by atoms with van der Waals surface area (Å²) in [5.41, 5.74) is 5.36. The third-order valence-corrected chi connectivity index (χ3v) is 5.27. The molecule has 0 bridgehead atoms. The SMILES string of the molecule is O=C(c1ccccn1)N(NCCCc1cc[c-]s1)c1ccc(-c2ccco2)cc1.[Y]. The molecular weight excluding hydrogens is 471 g/mol. The van der Waals surface area contributed by atoms with Crippen LogP contribution in [-0.4, -0.2) is 17.4 Å². The first-order chi connectivity index (χ1) is 14.3. The minimum Gasteiger partial charge on any atom is -0.464 e. The fraction of sp³-hybridized carbons (Fsp3) is 0.130. The van der Waals surface area contributed by atoms with Crippen LogP contribution in [0.15, 0.2) is 83.6 Å². The Morgan fingerprint density at radius 3 is 2.63 bits per heavy atom. The van der Waals surface area contributed by atoms with Crippen molar-refractivity contribution in [1.29, 1.82) is 0 Å². The van der Waals surface area contributed by atoms with Crippen molar-refractivity contribution in [2.24, 2.45) is 0 Å². The minimum absolute atomic E-state index is 0. The Bertz CT molecular complexity index is 1020. The summed E-state index contributed by atoms with van der Waals surface area (Å²) in [5.74, 6) is 0.598. The summed E-state index contributed by atoms with van der Waals surface area (Å²) < 4.78 is 5.44. The number of carbonyl (C=O) groups is 1. The molecule has 0 aliphatic carbocycles. The van der Waals surface area contributed by atoms with Crippen LogP contribution >= 0.6 is 11.3 Å². The van der Waals surface area contributed by atoms with E-state index in [-0.39, 0.29) is 38.6 Å². The van der Waals surface area contributed by atoms with Gasteiger partial charge in [-0.15, -0.1) is 10.3 Å². The topological polar surface area (TPSA) is 58.4 Å². The van der Waals surface area contributed by atoms with Gasteiger partial charge in [0.15, 0.2) is 0 Å². The minimum atomic E-state index is -0.194. The van der Waals surface area contributed by atoms with Gasteiger partial charge in [-0.2, -0.15) is 6.07 Å². The largest absolute Gasteiger partial charge is 0.464 e. The molecule has 1 amide bonds. The number of anilines is 1. The van der Waals surface area contributed by atoms with Crippen molar-refractivity contribution < 1.29 is 41.9 Å². The van der Waals surface area contributed by atoms with Gasteiger partial charge in [-0.25, -0.2) is 16.5 Å². The Morgan fingerprint density at radius 2 is 1.97 bits per heavy atom. The van der Waals surface area contributed by atoms with E-state index in [2.05, 4.69) is 21.9 Å². The second-order valence-electron chi connectivity index (χ2n) is 6.41. The normalized spacial score (nSPS) is 10.4. The Balaban J connectivity index is 0.00000256. The van der Waals surface area contributed by atoms with Crippen molar-refractivity contribution in [3.05, 3.63) is 95.1 Å². The van der Waals surface area contributed by atoms with Gasteiger partial charge < -0.3 is 15.8 Å². The van der Waals surface area contributed by atoms with Gasteiger partial charge in [0.25, 0.3) is 5.91 Å². The summed E-state index contributed by atoms with van der Waals surface area (Å²) in [6.07, 6.45) is 5.13. The van der Waals surface area contributed by atoms with Gasteiger partial charge in [0, 0.05) is 51.0 Å². The molecular formula is C23H20N3O2SY-. The number of pyridine rings is 1.